The Balaban J connectivity index is 0.984. The molecule has 0 aliphatic heterocycles. The SMILES string of the molecule is c1cc(-n2c3ccccc3c3ccccc32)cc(-n2c3ccccc3c3c2c2c4ccccc4n(-c4cccc(-n5c6ccccc6c6ccccc65)c4)c2c2c4ccccc4n(-c4cccc(-n5c6ccccc6c6ccccc65)c4)c32)c1. The maximum atomic E-state index is 2.58. The van der Waals surface area contributed by atoms with Crippen molar-refractivity contribution in [3.05, 3.63) is 291 Å². The molecule has 0 aliphatic rings. The Kier molecular flexibility index (Phi) is 9.24. The zero-order chi connectivity index (χ0) is 54.7. The predicted octanol–water partition coefficient (Wildman–Crippen LogP) is 20.3. The third kappa shape index (κ3) is 6.07. The Labute approximate surface area is 480 Å². The third-order valence-corrected chi connectivity index (χ3v) is 18.1. The van der Waals surface area contributed by atoms with E-state index in [1.165, 1.54) is 97.7 Å². The molecule has 0 unspecified atom stereocenters. The van der Waals surface area contributed by atoms with E-state index in [0.717, 1.165) is 67.2 Å². The molecule has 0 bridgehead atoms. The van der Waals surface area contributed by atoms with Crippen LogP contribution in [0.1, 0.15) is 0 Å². The summed E-state index contributed by atoms with van der Waals surface area (Å²) < 4.78 is 15.0. The molecule has 6 heterocycles. The minimum Gasteiger partial charge on any atom is -0.309 e. The summed E-state index contributed by atoms with van der Waals surface area (Å²) in [6.45, 7) is 0. The fourth-order valence-electron chi connectivity index (χ4n) is 14.9. The average molecular weight is 1070 g/mol. The van der Waals surface area contributed by atoms with Gasteiger partial charge in [0.2, 0.25) is 0 Å². The summed E-state index contributed by atoms with van der Waals surface area (Å²) in [6, 6.07) is 108. The van der Waals surface area contributed by atoms with E-state index in [1.807, 2.05) is 0 Å². The van der Waals surface area contributed by atoms with Crippen molar-refractivity contribution >= 4 is 131 Å². The van der Waals surface area contributed by atoms with E-state index in [0.29, 0.717) is 0 Å². The van der Waals surface area contributed by atoms with Crippen LogP contribution in [-0.2, 0) is 0 Å². The van der Waals surface area contributed by atoms with Gasteiger partial charge in [-0.1, -0.05) is 182 Å². The van der Waals surface area contributed by atoms with Gasteiger partial charge in [-0.25, -0.2) is 0 Å². The summed E-state index contributed by atoms with van der Waals surface area (Å²) in [7, 11) is 0. The molecule has 0 aliphatic carbocycles. The summed E-state index contributed by atoms with van der Waals surface area (Å²) >= 11 is 0. The summed E-state index contributed by atoms with van der Waals surface area (Å²) in [5.41, 5.74) is 20.6. The van der Waals surface area contributed by atoms with Gasteiger partial charge in [0.1, 0.15) is 0 Å². The maximum Gasteiger partial charge on any atom is 0.0663 e. The third-order valence-electron chi connectivity index (χ3n) is 18.1. The highest BCUT2D eigenvalue weighted by molar-refractivity contribution is 6.40. The topological polar surface area (TPSA) is 29.6 Å². The molecule has 0 saturated carbocycles. The van der Waals surface area contributed by atoms with E-state index < -0.39 is 0 Å². The van der Waals surface area contributed by atoms with Gasteiger partial charge in [0.25, 0.3) is 0 Å². The first-order valence-electron chi connectivity index (χ1n) is 28.9. The number of rotatable bonds is 6. The van der Waals surface area contributed by atoms with Crippen molar-refractivity contribution in [1.29, 1.82) is 0 Å². The van der Waals surface area contributed by atoms with Crippen molar-refractivity contribution in [3.8, 4) is 34.1 Å². The molecule has 6 aromatic heterocycles. The molecule has 84 heavy (non-hydrogen) atoms. The van der Waals surface area contributed by atoms with Crippen molar-refractivity contribution in [1.82, 2.24) is 27.4 Å². The van der Waals surface area contributed by atoms with Crippen molar-refractivity contribution in [2.75, 3.05) is 0 Å². The summed E-state index contributed by atoms with van der Waals surface area (Å²) in [6.07, 6.45) is 0. The van der Waals surface area contributed by atoms with E-state index in [1.54, 1.807) is 0 Å². The first-order valence-corrected chi connectivity index (χ1v) is 28.9. The molecule has 0 amide bonds. The van der Waals surface area contributed by atoms with Crippen LogP contribution >= 0.6 is 0 Å². The van der Waals surface area contributed by atoms with Gasteiger partial charge in [0.15, 0.2) is 0 Å². The van der Waals surface area contributed by atoms with Gasteiger partial charge < -0.3 is 27.4 Å². The molecule has 6 nitrogen and oxygen atoms in total. The van der Waals surface area contributed by atoms with Crippen molar-refractivity contribution in [2.24, 2.45) is 0 Å². The molecule has 19 rings (SSSR count). The van der Waals surface area contributed by atoms with Crippen LogP contribution in [0.4, 0.5) is 0 Å². The number of aromatic nitrogens is 6. The summed E-state index contributed by atoms with van der Waals surface area (Å²) in [5.74, 6) is 0. The molecule has 0 atom stereocenters. The smallest absolute Gasteiger partial charge is 0.0663 e. The molecule has 0 saturated heterocycles. The van der Waals surface area contributed by atoms with Gasteiger partial charge in [-0.05, 0) is 109 Å². The predicted molar refractivity (Wildman–Crippen MR) is 352 cm³/mol. The molecular weight excluding hydrogens is 1020 g/mol. The molecule has 0 fully saturated rings. The lowest BCUT2D eigenvalue weighted by atomic mass is 10.0. The van der Waals surface area contributed by atoms with Gasteiger partial charge in [-0.2, -0.15) is 0 Å². The minimum atomic E-state index is 1.09. The summed E-state index contributed by atoms with van der Waals surface area (Å²) in [4.78, 5) is 0. The zero-order valence-electron chi connectivity index (χ0n) is 45.4. The van der Waals surface area contributed by atoms with Crippen LogP contribution in [0.5, 0.6) is 0 Å². The van der Waals surface area contributed by atoms with Crippen molar-refractivity contribution < 1.29 is 0 Å². The number of nitrogens with zero attached hydrogens (tertiary/aromatic N) is 6. The number of para-hydroxylation sites is 9. The first-order chi connectivity index (χ1) is 41.7. The van der Waals surface area contributed by atoms with Crippen LogP contribution < -0.4 is 0 Å². The number of fused-ring (bicyclic) bond motifs is 21. The lowest BCUT2D eigenvalue weighted by Crippen LogP contribution is -2.01. The largest absolute Gasteiger partial charge is 0.309 e. The molecule has 0 N–H and O–H groups in total. The highest BCUT2D eigenvalue weighted by Gasteiger charge is 2.30. The quantitative estimate of drug-likeness (QED) is 0.159. The van der Waals surface area contributed by atoms with Gasteiger partial charge in [0, 0.05) is 98.8 Å². The van der Waals surface area contributed by atoms with Crippen LogP contribution in [0.25, 0.3) is 165 Å². The number of hydrogen-bond acceptors (Lipinski definition) is 0. The Morgan fingerprint density at radius 3 is 0.524 bits per heavy atom. The second-order valence-corrected chi connectivity index (χ2v) is 22.4. The molecular formula is C78H48N6. The highest BCUT2D eigenvalue weighted by Crippen LogP contribution is 2.51. The average Bonchev–Trinajstić information content (AvgIpc) is 1.69. The first kappa shape index (κ1) is 45.4. The van der Waals surface area contributed by atoms with E-state index >= 15 is 0 Å². The van der Waals surface area contributed by atoms with Gasteiger partial charge >= 0.3 is 0 Å². The fraction of sp³-hybridized carbons (Fsp3) is 0. The number of hydrogen-bond donors (Lipinski definition) is 0. The Hall–Kier alpha value is -11.3. The normalized spacial score (nSPS) is 12.3. The van der Waals surface area contributed by atoms with Crippen molar-refractivity contribution in [3.63, 3.8) is 0 Å². The Morgan fingerprint density at radius 2 is 0.310 bits per heavy atom. The Bertz CT molecular complexity index is 5230. The Morgan fingerprint density at radius 1 is 0.143 bits per heavy atom. The van der Waals surface area contributed by atoms with Crippen LogP contribution in [0.15, 0.2) is 291 Å². The van der Waals surface area contributed by atoms with Crippen LogP contribution in [0, 0.1) is 0 Å². The van der Waals surface area contributed by atoms with Crippen LogP contribution in [-0.4, -0.2) is 27.4 Å². The lowest BCUT2D eigenvalue weighted by Gasteiger charge is -2.16. The molecule has 19 aromatic rings. The van der Waals surface area contributed by atoms with E-state index in [9.17, 15) is 0 Å². The monoisotopic (exact) mass is 1070 g/mol. The highest BCUT2D eigenvalue weighted by atomic mass is 15.1. The van der Waals surface area contributed by atoms with Gasteiger partial charge in [-0.15, -0.1) is 0 Å². The minimum absolute atomic E-state index is 1.09. The standard InChI is InChI=1S/C78H48N6/c1-10-37-64-55(28-1)56-29-2-11-38-65(56)79(64)49-22-19-25-52(46-49)82-70-43-16-7-34-61(70)73-76(82)74-62-35-8-17-44-71(62)83(53-26-20-23-50(47-53)80-66-39-12-3-30-57(66)58-31-4-13-40-67(58)80)78(74)75-63-36-9-18-45-72(63)84(77(73)75)54-27-21-24-51(48-54)81-68-41-14-5-32-59(68)60-33-6-15-42-69(60)81/h1-48H. The second-order valence-electron chi connectivity index (χ2n) is 22.4. The molecule has 0 radical (unpaired) electrons. The molecule has 13 aromatic carbocycles. The van der Waals surface area contributed by atoms with E-state index in [2.05, 4.69) is 319 Å². The van der Waals surface area contributed by atoms with E-state index in [4.69, 9.17) is 0 Å². The van der Waals surface area contributed by atoms with Crippen molar-refractivity contribution in [2.45, 2.75) is 0 Å². The number of benzene rings is 13. The lowest BCUT2D eigenvalue weighted by molar-refractivity contribution is 1.13. The summed E-state index contributed by atoms with van der Waals surface area (Å²) in [5, 5.41) is 14.6. The van der Waals surface area contributed by atoms with E-state index in [-0.39, 0.29) is 0 Å². The fourth-order valence-corrected chi connectivity index (χ4v) is 14.9. The van der Waals surface area contributed by atoms with Crippen LogP contribution in [0.3, 0.4) is 0 Å². The van der Waals surface area contributed by atoms with Crippen LogP contribution in [0.2, 0.25) is 0 Å². The van der Waals surface area contributed by atoms with Gasteiger partial charge in [-0.3, -0.25) is 0 Å². The molecule has 0 spiro atoms. The second kappa shape index (κ2) is 17.1. The zero-order valence-corrected chi connectivity index (χ0v) is 45.4. The maximum absolute atomic E-state index is 2.58. The molecule has 390 valence electrons. The molecule has 6 heteroatoms. The van der Waals surface area contributed by atoms with Gasteiger partial charge in [0.05, 0.1) is 66.2 Å².